The second-order valence-corrected chi connectivity index (χ2v) is 7.42. The summed E-state index contributed by atoms with van der Waals surface area (Å²) in [6.45, 7) is 1.49. The van der Waals surface area contributed by atoms with Crippen LogP contribution in [-0.2, 0) is 9.84 Å². The van der Waals surface area contributed by atoms with Gasteiger partial charge in [-0.15, -0.1) is 0 Å². The third-order valence-corrected chi connectivity index (χ3v) is 5.42. The number of benzene rings is 1. The normalized spacial score (nSPS) is 19.9. The van der Waals surface area contributed by atoms with Crippen LogP contribution in [0.25, 0.3) is 0 Å². The second kappa shape index (κ2) is 5.70. The molecule has 1 aliphatic heterocycles. The molecule has 108 valence electrons. The van der Waals surface area contributed by atoms with Crippen LogP contribution in [-0.4, -0.2) is 46.3 Å². The highest BCUT2D eigenvalue weighted by Gasteiger charge is 2.37. The SMILES string of the molecule is CN(C)CCNC1CS(=O)(=O)c2c1ccc(Cl)c2C#N. The fourth-order valence-electron chi connectivity index (χ4n) is 2.31. The third kappa shape index (κ3) is 2.81. The Hall–Kier alpha value is -1.13. The van der Waals surface area contributed by atoms with E-state index in [1.807, 2.05) is 25.1 Å². The summed E-state index contributed by atoms with van der Waals surface area (Å²) in [6, 6.07) is 4.90. The van der Waals surface area contributed by atoms with E-state index in [9.17, 15) is 8.42 Å². The van der Waals surface area contributed by atoms with Gasteiger partial charge in [0.1, 0.15) is 6.07 Å². The Morgan fingerprint density at radius 1 is 1.50 bits per heavy atom. The Kier molecular flexibility index (Phi) is 4.35. The van der Waals surface area contributed by atoms with Crippen molar-refractivity contribution in [1.82, 2.24) is 10.2 Å². The minimum absolute atomic E-state index is 0.0230. The Labute approximate surface area is 124 Å². The molecule has 7 heteroatoms. The molecule has 0 radical (unpaired) electrons. The van der Waals surface area contributed by atoms with Crippen LogP contribution in [0.3, 0.4) is 0 Å². The van der Waals surface area contributed by atoms with Gasteiger partial charge in [0.2, 0.25) is 0 Å². The Morgan fingerprint density at radius 3 is 2.80 bits per heavy atom. The first-order valence-electron chi connectivity index (χ1n) is 6.20. The summed E-state index contributed by atoms with van der Waals surface area (Å²) in [7, 11) is 0.452. The highest BCUT2D eigenvalue weighted by Crippen LogP contribution is 2.38. The van der Waals surface area contributed by atoms with Crippen LogP contribution < -0.4 is 5.32 Å². The molecule has 1 atom stereocenters. The molecule has 1 aromatic carbocycles. The summed E-state index contributed by atoms with van der Waals surface area (Å²) < 4.78 is 24.5. The summed E-state index contributed by atoms with van der Waals surface area (Å²) in [4.78, 5) is 2.11. The zero-order valence-corrected chi connectivity index (χ0v) is 12.9. The van der Waals surface area contributed by atoms with Crippen molar-refractivity contribution in [1.29, 1.82) is 5.26 Å². The molecule has 5 nitrogen and oxygen atoms in total. The van der Waals surface area contributed by atoms with Crippen molar-refractivity contribution in [3.05, 3.63) is 28.3 Å². The van der Waals surface area contributed by atoms with E-state index in [1.54, 1.807) is 12.1 Å². The molecule has 0 amide bonds. The molecule has 0 aliphatic carbocycles. The standard InChI is InChI=1S/C13H16ClN3O2S/c1-17(2)6-5-16-12-8-20(18,19)13-9(12)3-4-11(14)10(13)7-15/h3-4,12,16H,5-6,8H2,1-2H3. The van der Waals surface area contributed by atoms with Crippen molar-refractivity contribution in [2.45, 2.75) is 10.9 Å². The molecule has 0 bridgehead atoms. The van der Waals surface area contributed by atoms with Crippen molar-refractivity contribution in [2.24, 2.45) is 0 Å². The van der Waals surface area contributed by atoms with E-state index in [0.717, 1.165) is 6.54 Å². The summed E-state index contributed by atoms with van der Waals surface area (Å²) >= 11 is 5.91. The number of hydrogen-bond donors (Lipinski definition) is 1. The lowest BCUT2D eigenvalue weighted by atomic mass is 10.1. The first-order chi connectivity index (χ1) is 9.36. The molecule has 20 heavy (non-hydrogen) atoms. The maximum atomic E-state index is 12.2. The molecule has 0 saturated heterocycles. The summed E-state index contributed by atoms with van der Waals surface area (Å²) in [5.74, 6) is -0.0230. The number of nitriles is 1. The van der Waals surface area contributed by atoms with Crippen molar-refractivity contribution >= 4 is 21.4 Å². The molecule has 0 fully saturated rings. The number of fused-ring (bicyclic) bond motifs is 1. The van der Waals surface area contributed by atoms with Gasteiger partial charge in [-0.2, -0.15) is 5.26 Å². The molecule has 0 saturated carbocycles. The molecule has 1 aromatic rings. The van der Waals surface area contributed by atoms with Crippen LogP contribution in [0.1, 0.15) is 17.2 Å². The number of nitrogens with one attached hydrogen (secondary N) is 1. The van der Waals surface area contributed by atoms with Gasteiger partial charge in [0.05, 0.1) is 21.2 Å². The number of rotatable bonds is 4. The highest BCUT2D eigenvalue weighted by atomic mass is 35.5. The Morgan fingerprint density at radius 2 is 2.20 bits per heavy atom. The van der Waals surface area contributed by atoms with Crippen LogP contribution in [0.15, 0.2) is 17.0 Å². The van der Waals surface area contributed by atoms with Crippen LogP contribution >= 0.6 is 11.6 Å². The van der Waals surface area contributed by atoms with Crippen molar-refractivity contribution in [3.63, 3.8) is 0 Å². The maximum Gasteiger partial charge on any atom is 0.181 e. The number of nitrogens with zero attached hydrogens (tertiary/aromatic N) is 2. The average molecular weight is 314 g/mol. The average Bonchev–Trinajstić information content (AvgIpc) is 2.61. The van der Waals surface area contributed by atoms with E-state index in [1.165, 1.54) is 0 Å². The fourth-order valence-corrected chi connectivity index (χ4v) is 4.51. The van der Waals surface area contributed by atoms with Crippen LogP contribution in [0.5, 0.6) is 0 Å². The predicted molar refractivity (Wildman–Crippen MR) is 77.5 cm³/mol. The minimum atomic E-state index is -3.45. The quantitative estimate of drug-likeness (QED) is 0.904. The van der Waals surface area contributed by atoms with E-state index in [-0.39, 0.29) is 27.3 Å². The zero-order valence-electron chi connectivity index (χ0n) is 11.4. The molecule has 0 aromatic heterocycles. The number of likely N-dealkylation sites (N-methyl/N-ethyl adjacent to an activating group) is 1. The van der Waals surface area contributed by atoms with Crippen LogP contribution in [0, 0.1) is 11.3 Å². The minimum Gasteiger partial charge on any atom is -0.308 e. The monoisotopic (exact) mass is 313 g/mol. The third-order valence-electron chi connectivity index (χ3n) is 3.27. The molecule has 2 rings (SSSR count). The van der Waals surface area contributed by atoms with Gasteiger partial charge in [-0.1, -0.05) is 17.7 Å². The predicted octanol–water partition coefficient (Wildman–Crippen LogP) is 1.19. The van der Waals surface area contributed by atoms with Crippen LogP contribution in [0.4, 0.5) is 0 Å². The van der Waals surface area contributed by atoms with E-state index in [0.29, 0.717) is 12.1 Å². The van der Waals surface area contributed by atoms with Gasteiger partial charge in [-0.05, 0) is 25.7 Å². The number of halogens is 1. The van der Waals surface area contributed by atoms with Gasteiger partial charge >= 0.3 is 0 Å². The lowest BCUT2D eigenvalue weighted by molar-refractivity contribution is 0.390. The number of hydrogen-bond acceptors (Lipinski definition) is 5. The lowest BCUT2D eigenvalue weighted by Crippen LogP contribution is -2.30. The zero-order chi connectivity index (χ0) is 14.9. The van der Waals surface area contributed by atoms with Gasteiger partial charge in [-0.25, -0.2) is 8.42 Å². The van der Waals surface area contributed by atoms with Crippen molar-refractivity contribution in [3.8, 4) is 6.07 Å². The van der Waals surface area contributed by atoms with Gasteiger partial charge in [0.25, 0.3) is 0 Å². The molecule has 1 N–H and O–H groups in total. The second-order valence-electron chi connectivity index (χ2n) is 5.04. The summed E-state index contributed by atoms with van der Waals surface area (Å²) in [6.07, 6.45) is 0. The molecule has 1 unspecified atom stereocenters. The van der Waals surface area contributed by atoms with Crippen molar-refractivity contribution in [2.75, 3.05) is 32.9 Å². The van der Waals surface area contributed by atoms with E-state index < -0.39 is 9.84 Å². The Balaban J connectivity index is 2.36. The van der Waals surface area contributed by atoms with Gasteiger partial charge in [-0.3, -0.25) is 0 Å². The Bertz CT molecular complexity index is 665. The molecule has 1 heterocycles. The van der Waals surface area contributed by atoms with E-state index in [2.05, 4.69) is 5.32 Å². The first-order valence-corrected chi connectivity index (χ1v) is 8.23. The molecular weight excluding hydrogens is 298 g/mol. The smallest absolute Gasteiger partial charge is 0.181 e. The van der Waals surface area contributed by atoms with Crippen LogP contribution in [0.2, 0.25) is 5.02 Å². The van der Waals surface area contributed by atoms with E-state index >= 15 is 0 Å². The van der Waals surface area contributed by atoms with E-state index in [4.69, 9.17) is 16.9 Å². The summed E-state index contributed by atoms with van der Waals surface area (Å²) in [5.41, 5.74) is 0.700. The van der Waals surface area contributed by atoms with Gasteiger partial charge in [0.15, 0.2) is 9.84 Å². The fraction of sp³-hybridized carbons (Fsp3) is 0.462. The molecule has 0 spiro atoms. The highest BCUT2D eigenvalue weighted by molar-refractivity contribution is 7.91. The molecular formula is C13H16ClN3O2S. The lowest BCUT2D eigenvalue weighted by Gasteiger charge is -2.15. The largest absolute Gasteiger partial charge is 0.308 e. The summed E-state index contributed by atoms with van der Waals surface area (Å²) in [5, 5.41) is 12.5. The van der Waals surface area contributed by atoms with Crippen molar-refractivity contribution < 1.29 is 8.42 Å². The maximum absolute atomic E-state index is 12.2. The van der Waals surface area contributed by atoms with Gasteiger partial charge < -0.3 is 10.2 Å². The van der Waals surface area contributed by atoms with Gasteiger partial charge in [0, 0.05) is 19.1 Å². The topological polar surface area (TPSA) is 73.2 Å². The first kappa shape index (κ1) is 15.3. The molecule has 1 aliphatic rings. The number of sulfone groups is 1.